The van der Waals surface area contributed by atoms with Crippen molar-refractivity contribution in [2.75, 3.05) is 25.3 Å². The number of fused-ring (bicyclic) bond motifs is 2. The molecule has 0 unspecified atom stereocenters. The molecule has 1 amide bonds. The molecule has 3 N–H and O–H groups in total. The molecule has 0 spiro atoms. The molecule has 0 saturated heterocycles. The van der Waals surface area contributed by atoms with Gasteiger partial charge in [-0.25, -0.2) is 4.98 Å². The number of carbonyl (C=O) groups is 2. The van der Waals surface area contributed by atoms with E-state index in [1.54, 1.807) is 62.0 Å². The zero-order chi connectivity index (χ0) is 33.2. The summed E-state index contributed by atoms with van der Waals surface area (Å²) in [5.74, 6) is 0.762. The Balaban J connectivity index is 1.28. The highest BCUT2D eigenvalue weighted by atomic mass is 32.1. The fourth-order valence-corrected chi connectivity index (χ4v) is 7.29. The summed E-state index contributed by atoms with van der Waals surface area (Å²) in [5, 5.41) is 7.72. The number of pyridine rings is 1. The van der Waals surface area contributed by atoms with Crippen LogP contribution >= 0.6 is 22.7 Å². The minimum Gasteiger partial charge on any atom is -0.497 e. The maximum absolute atomic E-state index is 13.7. The number of amides is 1. The number of rotatable bonds is 9. The molecule has 9 heteroatoms. The van der Waals surface area contributed by atoms with Crippen molar-refractivity contribution in [2.24, 2.45) is 0 Å². The van der Waals surface area contributed by atoms with Gasteiger partial charge in [-0.1, -0.05) is 48.5 Å². The minimum atomic E-state index is -0.369. The van der Waals surface area contributed by atoms with Crippen molar-refractivity contribution in [1.29, 1.82) is 0 Å². The second-order valence-electron chi connectivity index (χ2n) is 10.9. The lowest BCUT2D eigenvalue weighted by Crippen LogP contribution is -2.12. The molecular weight excluding hydrogens is 639 g/mol. The summed E-state index contributed by atoms with van der Waals surface area (Å²) < 4.78 is 11.2. The second kappa shape index (κ2) is 13.2. The summed E-state index contributed by atoms with van der Waals surface area (Å²) >= 11 is 2.79. The zero-order valence-electron chi connectivity index (χ0n) is 26.0. The topological polar surface area (TPSA) is 104 Å². The first-order valence-electron chi connectivity index (χ1n) is 15.0. The SMILES string of the molecule is COc1ccc(-c2cc(-c3cccc4ccccc34)nc3sc(C(=O)Nc4ccc(C(=O)/C=C/c5cccs5)cc4)c(N)c23)c(OC)c1. The van der Waals surface area contributed by atoms with Crippen LogP contribution in [0.5, 0.6) is 11.5 Å². The van der Waals surface area contributed by atoms with E-state index in [4.69, 9.17) is 20.2 Å². The summed E-state index contributed by atoms with van der Waals surface area (Å²) in [6.07, 6.45) is 3.34. The van der Waals surface area contributed by atoms with Gasteiger partial charge in [0.05, 0.1) is 25.6 Å². The molecule has 3 heterocycles. The largest absolute Gasteiger partial charge is 0.497 e. The fourth-order valence-electron chi connectivity index (χ4n) is 5.66. The average molecular weight is 668 g/mol. The first-order valence-corrected chi connectivity index (χ1v) is 16.7. The van der Waals surface area contributed by atoms with Gasteiger partial charge < -0.3 is 20.5 Å². The van der Waals surface area contributed by atoms with E-state index in [1.165, 1.54) is 11.3 Å². The van der Waals surface area contributed by atoms with Crippen molar-refractivity contribution >= 4 is 72.8 Å². The van der Waals surface area contributed by atoms with Gasteiger partial charge in [0.15, 0.2) is 5.78 Å². The Morgan fingerprint density at radius 2 is 1.65 bits per heavy atom. The molecule has 0 fully saturated rings. The van der Waals surface area contributed by atoms with E-state index in [2.05, 4.69) is 23.5 Å². The summed E-state index contributed by atoms with van der Waals surface area (Å²) in [6.45, 7) is 0. The summed E-state index contributed by atoms with van der Waals surface area (Å²) in [4.78, 5) is 33.4. The van der Waals surface area contributed by atoms with Crippen LogP contribution in [0.4, 0.5) is 11.4 Å². The molecule has 0 aliphatic carbocycles. The van der Waals surface area contributed by atoms with Crippen LogP contribution in [-0.4, -0.2) is 30.9 Å². The van der Waals surface area contributed by atoms with Gasteiger partial charge in [0.25, 0.3) is 5.91 Å². The number of ether oxygens (including phenoxy) is 2. The van der Waals surface area contributed by atoms with E-state index in [0.29, 0.717) is 43.5 Å². The van der Waals surface area contributed by atoms with Crippen LogP contribution in [0.25, 0.3) is 49.4 Å². The molecule has 0 radical (unpaired) electrons. The Morgan fingerprint density at radius 3 is 2.42 bits per heavy atom. The molecule has 0 aliphatic heterocycles. The maximum Gasteiger partial charge on any atom is 0.267 e. The van der Waals surface area contributed by atoms with Gasteiger partial charge in [0.2, 0.25) is 0 Å². The lowest BCUT2D eigenvalue weighted by molar-refractivity contribution is 0.102. The zero-order valence-corrected chi connectivity index (χ0v) is 27.7. The molecule has 0 bridgehead atoms. The maximum atomic E-state index is 13.7. The second-order valence-corrected chi connectivity index (χ2v) is 12.9. The van der Waals surface area contributed by atoms with Gasteiger partial charge >= 0.3 is 0 Å². The molecule has 236 valence electrons. The molecule has 48 heavy (non-hydrogen) atoms. The number of anilines is 2. The highest BCUT2D eigenvalue weighted by Gasteiger charge is 2.24. The smallest absolute Gasteiger partial charge is 0.267 e. The number of benzene rings is 4. The molecule has 0 saturated carbocycles. The van der Waals surface area contributed by atoms with Crippen molar-refractivity contribution in [1.82, 2.24) is 4.98 Å². The van der Waals surface area contributed by atoms with E-state index in [0.717, 1.165) is 38.0 Å². The fraction of sp³-hybridized carbons (Fsp3) is 0.0513. The number of hydrogen-bond acceptors (Lipinski definition) is 8. The molecule has 4 aromatic carbocycles. The minimum absolute atomic E-state index is 0.121. The monoisotopic (exact) mass is 667 g/mol. The Bertz CT molecular complexity index is 2340. The van der Waals surface area contributed by atoms with Crippen LogP contribution in [0.2, 0.25) is 0 Å². The van der Waals surface area contributed by atoms with Crippen LogP contribution in [-0.2, 0) is 0 Å². The number of hydrogen-bond donors (Lipinski definition) is 2. The first kappa shape index (κ1) is 30.9. The van der Waals surface area contributed by atoms with Crippen LogP contribution in [0.15, 0.2) is 115 Å². The van der Waals surface area contributed by atoms with Gasteiger partial charge in [0, 0.05) is 38.7 Å². The van der Waals surface area contributed by atoms with Crippen molar-refractivity contribution in [2.45, 2.75) is 0 Å². The van der Waals surface area contributed by atoms with Crippen molar-refractivity contribution in [3.05, 3.63) is 130 Å². The van der Waals surface area contributed by atoms with E-state index in [1.807, 2.05) is 66.0 Å². The van der Waals surface area contributed by atoms with Crippen LogP contribution in [0.1, 0.15) is 24.9 Å². The molecule has 0 aliphatic rings. The molecule has 3 aromatic heterocycles. The summed E-state index contributed by atoms with van der Waals surface area (Å²) in [7, 11) is 3.21. The average Bonchev–Trinajstić information content (AvgIpc) is 3.77. The number of methoxy groups -OCH3 is 2. The van der Waals surface area contributed by atoms with Crippen molar-refractivity contribution < 1.29 is 19.1 Å². The molecule has 7 rings (SSSR count). The third-order valence-electron chi connectivity index (χ3n) is 8.04. The third kappa shape index (κ3) is 5.92. The van der Waals surface area contributed by atoms with Crippen LogP contribution in [0.3, 0.4) is 0 Å². The predicted molar refractivity (Wildman–Crippen MR) is 198 cm³/mol. The van der Waals surface area contributed by atoms with Crippen molar-refractivity contribution in [3.63, 3.8) is 0 Å². The van der Waals surface area contributed by atoms with Gasteiger partial charge in [0.1, 0.15) is 21.2 Å². The highest BCUT2D eigenvalue weighted by Crippen LogP contribution is 2.45. The lowest BCUT2D eigenvalue weighted by Gasteiger charge is -2.14. The van der Waals surface area contributed by atoms with Gasteiger partial charge in [-0.2, -0.15) is 0 Å². The van der Waals surface area contributed by atoms with Gasteiger partial charge in [-0.3, -0.25) is 9.59 Å². The first-order chi connectivity index (χ1) is 23.4. The van der Waals surface area contributed by atoms with E-state index < -0.39 is 0 Å². The quantitative estimate of drug-likeness (QED) is 0.117. The molecular formula is C39H29N3O4S2. The Morgan fingerprint density at radius 1 is 0.833 bits per heavy atom. The number of thiophene rings is 2. The Labute approximate surface area is 284 Å². The molecule has 0 atom stereocenters. The normalized spacial score (nSPS) is 11.3. The summed E-state index contributed by atoms with van der Waals surface area (Å²) in [6, 6.07) is 32.6. The molecule has 7 nitrogen and oxygen atoms in total. The summed E-state index contributed by atoms with van der Waals surface area (Å²) in [5.41, 5.74) is 11.4. The highest BCUT2D eigenvalue weighted by molar-refractivity contribution is 7.21. The predicted octanol–water partition coefficient (Wildman–Crippen LogP) is 9.59. The number of nitrogens with zero attached hydrogens (tertiary/aromatic N) is 1. The number of nitrogen functional groups attached to an aromatic ring is 1. The van der Waals surface area contributed by atoms with E-state index in [-0.39, 0.29) is 11.7 Å². The van der Waals surface area contributed by atoms with Gasteiger partial charge in [-0.05, 0) is 82.4 Å². The van der Waals surface area contributed by atoms with E-state index in [9.17, 15) is 9.59 Å². The Hall–Kier alpha value is -5.77. The number of ketones is 1. The number of aromatic nitrogens is 1. The van der Waals surface area contributed by atoms with Crippen LogP contribution in [0, 0.1) is 0 Å². The van der Waals surface area contributed by atoms with Crippen molar-refractivity contribution in [3.8, 4) is 33.9 Å². The number of nitrogens with one attached hydrogen (secondary N) is 1. The number of allylic oxidation sites excluding steroid dienone is 1. The lowest BCUT2D eigenvalue weighted by atomic mass is 9.96. The molecule has 7 aromatic rings. The Kier molecular flexibility index (Phi) is 8.46. The number of nitrogens with two attached hydrogens (primary N) is 1. The van der Waals surface area contributed by atoms with E-state index >= 15 is 0 Å². The third-order valence-corrected chi connectivity index (χ3v) is 9.97. The standard InChI is InChI=1S/C39H29N3O4S2/c1-45-26-16-18-30(34(21-26)46-2)31-22-32(29-11-5-8-23-7-3-4-10-28(23)29)42-39-35(31)36(40)37(48-39)38(44)41-25-14-12-24(13-15-25)33(43)19-17-27-9-6-20-47-27/h3-22H,40H2,1-2H3,(H,41,44)/b19-17+. The van der Waals surface area contributed by atoms with Gasteiger partial charge in [-0.15, -0.1) is 22.7 Å². The van der Waals surface area contributed by atoms with Crippen LogP contribution < -0.4 is 20.5 Å². The number of carbonyl (C=O) groups excluding carboxylic acids is 2.